The Labute approximate surface area is 110 Å². The molecule has 0 bridgehead atoms. The maximum atomic E-state index is 11.2. The minimum atomic E-state index is -0.810. The Kier molecular flexibility index (Phi) is 5.84. The zero-order valence-corrected chi connectivity index (χ0v) is 11.9. The fourth-order valence-corrected chi connectivity index (χ4v) is 1.70. The molecular weight excluding hydrogens is 254 g/mol. The Hall–Kier alpha value is -1.37. The fraction of sp³-hybridized carbons (Fsp3) is 0.636. The van der Waals surface area contributed by atoms with Gasteiger partial charge in [-0.05, 0) is 6.42 Å². The van der Waals surface area contributed by atoms with Crippen LogP contribution >= 0.6 is 0 Å². The Bertz CT molecular complexity index is 392. The number of rotatable bonds is 7. The Morgan fingerprint density at radius 3 is 2.33 bits per heavy atom. The van der Waals surface area contributed by atoms with Crippen molar-refractivity contribution in [2.75, 3.05) is 32.3 Å². The minimum Gasteiger partial charge on any atom is -0.481 e. The zero-order chi connectivity index (χ0) is 13.5. The van der Waals surface area contributed by atoms with Crippen LogP contribution < -0.4 is 14.8 Å². The van der Waals surface area contributed by atoms with Crippen molar-refractivity contribution >= 4 is 16.7 Å². The maximum absolute atomic E-state index is 11.2. The van der Waals surface area contributed by atoms with Crippen LogP contribution in [0.4, 0.5) is 5.95 Å². The third-order valence-electron chi connectivity index (χ3n) is 2.50. The summed E-state index contributed by atoms with van der Waals surface area (Å²) in [5.74, 6) is 1.33. The van der Waals surface area contributed by atoms with Gasteiger partial charge in [-0.15, -0.1) is 0 Å². The van der Waals surface area contributed by atoms with Gasteiger partial charge >= 0.3 is 0 Å². The first kappa shape index (κ1) is 14.7. The number of hydrogen-bond acceptors (Lipinski definition) is 6. The molecule has 18 heavy (non-hydrogen) atoms. The fourth-order valence-electron chi connectivity index (χ4n) is 1.25. The van der Waals surface area contributed by atoms with Gasteiger partial charge in [0.15, 0.2) is 0 Å². The molecule has 2 unspecified atom stereocenters. The van der Waals surface area contributed by atoms with E-state index in [4.69, 9.17) is 9.47 Å². The van der Waals surface area contributed by atoms with E-state index in [2.05, 4.69) is 15.3 Å². The molecule has 0 amide bonds. The molecule has 1 aromatic heterocycles. The molecule has 1 rings (SSSR count). The van der Waals surface area contributed by atoms with Gasteiger partial charge < -0.3 is 14.8 Å². The molecule has 102 valence electrons. The summed E-state index contributed by atoms with van der Waals surface area (Å²) >= 11 is 0. The van der Waals surface area contributed by atoms with Gasteiger partial charge in [-0.3, -0.25) is 4.21 Å². The molecule has 0 fully saturated rings. The highest BCUT2D eigenvalue weighted by atomic mass is 32.2. The maximum Gasteiger partial charge on any atom is 0.229 e. The first-order valence-corrected chi connectivity index (χ1v) is 7.22. The average Bonchev–Trinajstić information content (AvgIpc) is 2.37. The number of nitrogens with zero attached hydrogens (tertiary/aromatic N) is 2. The molecule has 0 aliphatic heterocycles. The van der Waals surface area contributed by atoms with E-state index in [1.807, 2.05) is 6.92 Å². The smallest absolute Gasteiger partial charge is 0.229 e. The molecule has 7 heteroatoms. The van der Waals surface area contributed by atoms with E-state index in [0.29, 0.717) is 24.3 Å². The summed E-state index contributed by atoms with van der Waals surface area (Å²) in [4.78, 5) is 8.28. The highest BCUT2D eigenvalue weighted by Crippen LogP contribution is 2.17. The molecule has 0 saturated carbocycles. The molecule has 0 aromatic carbocycles. The SMILES string of the molecule is COc1cc(OC)nc(NCCC(C)S(C)=O)n1. The molecule has 2 atom stereocenters. The van der Waals surface area contributed by atoms with Crippen molar-refractivity contribution in [3.63, 3.8) is 0 Å². The topological polar surface area (TPSA) is 73.3 Å². The van der Waals surface area contributed by atoms with Gasteiger partial charge in [0.1, 0.15) is 0 Å². The van der Waals surface area contributed by atoms with Crippen molar-refractivity contribution < 1.29 is 13.7 Å². The number of ether oxygens (including phenoxy) is 2. The first-order chi connectivity index (χ1) is 8.56. The molecule has 0 aliphatic carbocycles. The third kappa shape index (κ3) is 4.48. The predicted octanol–water partition coefficient (Wildman–Crippen LogP) is 1.06. The standard InChI is InChI=1S/C11H19N3O3S/c1-8(18(4)15)5-6-12-11-13-9(16-2)7-10(14-11)17-3/h7-8H,5-6H2,1-4H3,(H,12,13,14). The van der Waals surface area contributed by atoms with E-state index in [-0.39, 0.29) is 5.25 Å². The summed E-state index contributed by atoms with van der Waals surface area (Å²) in [6.07, 6.45) is 2.49. The van der Waals surface area contributed by atoms with Gasteiger partial charge in [0.2, 0.25) is 17.7 Å². The van der Waals surface area contributed by atoms with Gasteiger partial charge in [0, 0.05) is 28.9 Å². The Balaban J connectivity index is 2.58. The van der Waals surface area contributed by atoms with Gasteiger partial charge in [0.05, 0.1) is 20.3 Å². The summed E-state index contributed by atoms with van der Waals surface area (Å²) < 4.78 is 21.3. The number of aromatic nitrogens is 2. The lowest BCUT2D eigenvalue weighted by Crippen LogP contribution is -2.16. The van der Waals surface area contributed by atoms with Crippen LogP contribution in [0.5, 0.6) is 11.8 Å². The van der Waals surface area contributed by atoms with Crippen LogP contribution in [0.1, 0.15) is 13.3 Å². The molecule has 0 aliphatic rings. The molecule has 0 spiro atoms. The van der Waals surface area contributed by atoms with Gasteiger partial charge in [-0.2, -0.15) is 9.97 Å². The van der Waals surface area contributed by atoms with Crippen LogP contribution in [0.3, 0.4) is 0 Å². The number of anilines is 1. The lowest BCUT2D eigenvalue weighted by atomic mass is 10.3. The van der Waals surface area contributed by atoms with E-state index in [9.17, 15) is 4.21 Å². The second-order valence-corrected chi connectivity index (χ2v) is 5.60. The molecule has 0 radical (unpaired) electrons. The average molecular weight is 273 g/mol. The van der Waals surface area contributed by atoms with Crippen LogP contribution in [0.25, 0.3) is 0 Å². The Morgan fingerprint density at radius 1 is 1.33 bits per heavy atom. The normalized spacial score (nSPS) is 13.8. The van der Waals surface area contributed by atoms with Crippen molar-refractivity contribution in [1.82, 2.24) is 9.97 Å². The molecule has 1 aromatic rings. The van der Waals surface area contributed by atoms with E-state index < -0.39 is 10.8 Å². The molecule has 1 heterocycles. The summed E-state index contributed by atoms with van der Waals surface area (Å²) in [6.45, 7) is 2.60. The van der Waals surface area contributed by atoms with Gasteiger partial charge in [-0.25, -0.2) is 0 Å². The van der Waals surface area contributed by atoms with Crippen molar-refractivity contribution in [3.8, 4) is 11.8 Å². The van der Waals surface area contributed by atoms with E-state index in [0.717, 1.165) is 6.42 Å². The second kappa shape index (κ2) is 7.15. The quantitative estimate of drug-likeness (QED) is 0.801. The first-order valence-electron chi connectivity index (χ1n) is 5.60. The van der Waals surface area contributed by atoms with E-state index >= 15 is 0 Å². The van der Waals surface area contributed by atoms with Gasteiger partial charge in [-0.1, -0.05) is 6.92 Å². The summed E-state index contributed by atoms with van der Waals surface area (Å²) in [6, 6.07) is 1.61. The number of nitrogens with one attached hydrogen (secondary N) is 1. The van der Waals surface area contributed by atoms with Crippen LogP contribution in [-0.2, 0) is 10.8 Å². The van der Waals surface area contributed by atoms with Crippen LogP contribution in [0.15, 0.2) is 6.07 Å². The van der Waals surface area contributed by atoms with E-state index in [1.54, 1.807) is 12.3 Å². The molecule has 6 nitrogen and oxygen atoms in total. The molecule has 0 saturated heterocycles. The van der Waals surface area contributed by atoms with Crippen molar-refractivity contribution in [1.29, 1.82) is 0 Å². The van der Waals surface area contributed by atoms with Crippen LogP contribution in [-0.4, -0.2) is 46.4 Å². The monoisotopic (exact) mass is 273 g/mol. The predicted molar refractivity (Wildman–Crippen MR) is 71.8 cm³/mol. The molecular formula is C11H19N3O3S. The number of hydrogen-bond donors (Lipinski definition) is 1. The zero-order valence-electron chi connectivity index (χ0n) is 11.1. The highest BCUT2D eigenvalue weighted by molar-refractivity contribution is 7.84. The molecule has 1 N–H and O–H groups in total. The van der Waals surface area contributed by atoms with Crippen LogP contribution in [0.2, 0.25) is 0 Å². The Morgan fingerprint density at radius 2 is 1.89 bits per heavy atom. The summed E-state index contributed by atoms with van der Waals surface area (Å²) in [7, 11) is 2.26. The summed E-state index contributed by atoms with van der Waals surface area (Å²) in [5, 5.41) is 3.21. The van der Waals surface area contributed by atoms with Crippen molar-refractivity contribution in [2.45, 2.75) is 18.6 Å². The lowest BCUT2D eigenvalue weighted by Gasteiger charge is -2.10. The third-order valence-corrected chi connectivity index (χ3v) is 3.87. The van der Waals surface area contributed by atoms with Crippen molar-refractivity contribution in [3.05, 3.63) is 6.07 Å². The van der Waals surface area contributed by atoms with Crippen LogP contribution in [0, 0.1) is 0 Å². The lowest BCUT2D eigenvalue weighted by molar-refractivity contribution is 0.373. The van der Waals surface area contributed by atoms with Gasteiger partial charge in [0.25, 0.3) is 0 Å². The largest absolute Gasteiger partial charge is 0.481 e. The summed E-state index contributed by atoms with van der Waals surface area (Å²) in [5.41, 5.74) is 0. The minimum absolute atomic E-state index is 0.144. The van der Waals surface area contributed by atoms with E-state index in [1.165, 1.54) is 14.2 Å². The number of methoxy groups -OCH3 is 2. The highest BCUT2D eigenvalue weighted by Gasteiger charge is 2.08. The van der Waals surface area contributed by atoms with Crippen molar-refractivity contribution in [2.24, 2.45) is 0 Å². The second-order valence-electron chi connectivity index (χ2n) is 3.80.